The van der Waals surface area contributed by atoms with E-state index in [-0.39, 0.29) is 17.5 Å². The molecule has 2 aromatic rings. The van der Waals surface area contributed by atoms with Crippen molar-refractivity contribution in [2.45, 2.75) is 32.3 Å². The lowest BCUT2D eigenvalue weighted by atomic mass is 9.96. The van der Waals surface area contributed by atoms with Crippen molar-refractivity contribution in [3.05, 3.63) is 60.2 Å². The zero-order chi connectivity index (χ0) is 17.4. The zero-order valence-electron chi connectivity index (χ0n) is 13.8. The first-order chi connectivity index (χ1) is 11.6. The summed E-state index contributed by atoms with van der Waals surface area (Å²) in [5, 5.41) is 2.84. The van der Waals surface area contributed by atoms with E-state index in [1.165, 1.54) is 31.1 Å². The van der Waals surface area contributed by atoms with E-state index in [9.17, 15) is 9.59 Å². The fraction of sp³-hybridized carbons (Fsp3) is 0.333. The maximum Gasteiger partial charge on any atom is 0.359 e. The van der Waals surface area contributed by atoms with Crippen LogP contribution in [-0.4, -0.2) is 34.5 Å². The number of aromatic nitrogens is 2. The van der Waals surface area contributed by atoms with Crippen LogP contribution in [0.5, 0.6) is 0 Å². The van der Waals surface area contributed by atoms with Crippen LogP contribution in [0.3, 0.4) is 0 Å². The van der Waals surface area contributed by atoms with Crippen LogP contribution in [0, 0.1) is 0 Å². The molecule has 2 atom stereocenters. The van der Waals surface area contributed by atoms with Crippen LogP contribution in [0.25, 0.3) is 0 Å². The van der Waals surface area contributed by atoms with Gasteiger partial charge in [0.15, 0.2) is 11.8 Å². The average molecular weight is 327 g/mol. The molecular formula is C18H21N3O3. The number of rotatable bonds is 7. The summed E-state index contributed by atoms with van der Waals surface area (Å²) in [5.74, 6) is -0.777. The first-order valence-electron chi connectivity index (χ1n) is 7.91. The molecule has 1 N–H and O–H groups in total. The molecule has 0 bridgehead atoms. The van der Waals surface area contributed by atoms with Crippen LogP contribution in [0.1, 0.15) is 42.2 Å². The van der Waals surface area contributed by atoms with Crippen LogP contribution in [0.2, 0.25) is 0 Å². The molecule has 0 saturated heterocycles. The largest absolute Gasteiger partial charge is 0.448 e. The van der Waals surface area contributed by atoms with Gasteiger partial charge in [-0.1, -0.05) is 37.3 Å². The molecule has 1 heterocycles. The number of ether oxygens (including phenoxy) is 1. The highest BCUT2D eigenvalue weighted by atomic mass is 16.5. The Bertz CT molecular complexity index is 662. The number of hydrogen-bond acceptors (Lipinski definition) is 5. The normalized spacial score (nSPS) is 12.9. The fourth-order valence-electron chi connectivity index (χ4n) is 2.27. The molecule has 0 unspecified atom stereocenters. The monoisotopic (exact) mass is 327 g/mol. The van der Waals surface area contributed by atoms with Crippen LogP contribution in [0.4, 0.5) is 0 Å². The Morgan fingerprint density at radius 1 is 1.21 bits per heavy atom. The average Bonchev–Trinajstić information content (AvgIpc) is 2.63. The second kappa shape index (κ2) is 8.76. The van der Waals surface area contributed by atoms with E-state index in [1.54, 1.807) is 0 Å². The third kappa shape index (κ3) is 4.87. The number of nitrogens with one attached hydrogen (secondary N) is 1. The van der Waals surface area contributed by atoms with Crippen LogP contribution in [0.15, 0.2) is 48.9 Å². The van der Waals surface area contributed by atoms with E-state index in [0.717, 1.165) is 6.42 Å². The van der Waals surface area contributed by atoms with Gasteiger partial charge >= 0.3 is 5.97 Å². The first-order valence-corrected chi connectivity index (χ1v) is 7.91. The summed E-state index contributed by atoms with van der Waals surface area (Å²) >= 11 is 0. The van der Waals surface area contributed by atoms with Gasteiger partial charge in [-0.3, -0.25) is 9.78 Å². The van der Waals surface area contributed by atoms with Crippen molar-refractivity contribution >= 4 is 11.9 Å². The molecule has 0 aliphatic rings. The molecule has 0 spiro atoms. The summed E-state index contributed by atoms with van der Waals surface area (Å²) < 4.78 is 5.12. The van der Waals surface area contributed by atoms with E-state index in [1.807, 2.05) is 30.3 Å². The minimum atomic E-state index is -0.896. The van der Waals surface area contributed by atoms with Gasteiger partial charge in [-0.05, 0) is 18.9 Å². The molecule has 24 heavy (non-hydrogen) atoms. The smallest absolute Gasteiger partial charge is 0.359 e. The zero-order valence-corrected chi connectivity index (χ0v) is 13.8. The molecule has 2 rings (SSSR count). The molecule has 1 aromatic heterocycles. The van der Waals surface area contributed by atoms with Crippen molar-refractivity contribution in [1.82, 2.24) is 15.3 Å². The minimum Gasteiger partial charge on any atom is -0.448 e. The highest BCUT2D eigenvalue weighted by molar-refractivity contribution is 5.90. The Morgan fingerprint density at radius 2 is 1.96 bits per heavy atom. The molecule has 126 valence electrons. The quantitative estimate of drug-likeness (QED) is 0.789. The van der Waals surface area contributed by atoms with Gasteiger partial charge in [-0.15, -0.1) is 0 Å². The molecule has 0 saturated carbocycles. The van der Waals surface area contributed by atoms with Crippen molar-refractivity contribution in [3.63, 3.8) is 0 Å². The molecule has 1 aromatic carbocycles. The van der Waals surface area contributed by atoms with Crippen LogP contribution < -0.4 is 5.32 Å². The molecule has 0 radical (unpaired) electrons. The van der Waals surface area contributed by atoms with E-state index in [2.05, 4.69) is 22.2 Å². The van der Waals surface area contributed by atoms with Crippen molar-refractivity contribution in [2.75, 3.05) is 6.54 Å². The van der Waals surface area contributed by atoms with Gasteiger partial charge in [0.05, 0.1) is 6.20 Å². The van der Waals surface area contributed by atoms with Gasteiger partial charge in [0.2, 0.25) is 0 Å². The van der Waals surface area contributed by atoms with Crippen LogP contribution in [-0.2, 0) is 9.53 Å². The number of nitrogens with zero attached hydrogens (tertiary/aromatic N) is 2. The maximum absolute atomic E-state index is 12.1. The van der Waals surface area contributed by atoms with Gasteiger partial charge in [0.25, 0.3) is 5.91 Å². The number of benzene rings is 1. The second-order valence-electron chi connectivity index (χ2n) is 5.40. The summed E-state index contributed by atoms with van der Waals surface area (Å²) in [6.07, 6.45) is 4.16. The summed E-state index contributed by atoms with van der Waals surface area (Å²) in [5.41, 5.74) is 1.25. The number of hydrogen-bond donors (Lipinski definition) is 1. The number of carbonyl (C=O) groups excluding carboxylic acids is 2. The Morgan fingerprint density at radius 3 is 2.58 bits per heavy atom. The van der Waals surface area contributed by atoms with E-state index >= 15 is 0 Å². The maximum atomic E-state index is 12.1. The predicted molar refractivity (Wildman–Crippen MR) is 89.4 cm³/mol. The number of carbonyl (C=O) groups is 2. The van der Waals surface area contributed by atoms with Gasteiger partial charge < -0.3 is 10.1 Å². The third-order valence-corrected chi connectivity index (χ3v) is 3.71. The Labute approximate surface area is 141 Å². The lowest BCUT2D eigenvalue weighted by molar-refractivity contribution is -0.129. The minimum absolute atomic E-state index is 0.0767. The molecular weight excluding hydrogens is 306 g/mol. The van der Waals surface area contributed by atoms with Gasteiger partial charge in [-0.2, -0.15) is 0 Å². The lowest BCUT2D eigenvalue weighted by Crippen LogP contribution is -2.38. The van der Waals surface area contributed by atoms with Crippen molar-refractivity contribution in [3.8, 4) is 0 Å². The lowest BCUT2D eigenvalue weighted by Gasteiger charge is -2.18. The summed E-state index contributed by atoms with van der Waals surface area (Å²) in [6.45, 7) is 4.10. The Balaban J connectivity index is 1.86. The van der Waals surface area contributed by atoms with Gasteiger partial charge in [0.1, 0.15) is 0 Å². The molecule has 1 amide bonds. The molecule has 0 fully saturated rings. The standard InChI is InChI=1S/C18H21N3O3/c1-3-14(15-7-5-4-6-8-15)11-21-17(22)13(2)24-18(23)16-12-19-9-10-20-16/h4-10,12-14H,3,11H2,1-2H3,(H,21,22)/t13-,14-/m1/s1. The van der Waals surface area contributed by atoms with Crippen molar-refractivity contribution < 1.29 is 14.3 Å². The Hall–Kier alpha value is -2.76. The number of esters is 1. The topological polar surface area (TPSA) is 81.2 Å². The highest BCUT2D eigenvalue weighted by Gasteiger charge is 2.20. The predicted octanol–water partition coefficient (Wildman–Crippen LogP) is 2.33. The van der Waals surface area contributed by atoms with Crippen LogP contribution >= 0.6 is 0 Å². The summed E-state index contributed by atoms with van der Waals surface area (Å²) in [7, 11) is 0. The van der Waals surface area contributed by atoms with Gasteiger partial charge in [0, 0.05) is 24.9 Å². The molecule has 0 aliphatic heterocycles. The van der Waals surface area contributed by atoms with E-state index < -0.39 is 12.1 Å². The number of amides is 1. The summed E-state index contributed by atoms with van der Waals surface area (Å²) in [6, 6.07) is 9.99. The van der Waals surface area contributed by atoms with Gasteiger partial charge in [-0.25, -0.2) is 9.78 Å². The van der Waals surface area contributed by atoms with Crippen molar-refractivity contribution in [1.29, 1.82) is 0 Å². The SMILES string of the molecule is CC[C@H](CNC(=O)[C@@H](C)OC(=O)c1cnccn1)c1ccccc1. The van der Waals surface area contributed by atoms with Crippen molar-refractivity contribution in [2.24, 2.45) is 0 Å². The molecule has 6 nitrogen and oxygen atoms in total. The van der Waals surface area contributed by atoms with E-state index in [4.69, 9.17) is 4.74 Å². The second-order valence-corrected chi connectivity index (χ2v) is 5.40. The third-order valence-electron chi connectivity index (χ3n) is 3.71. The molecule has 6 heteroatoms. The highest BCUT2D eigenvalue weighted by Crippen LogP contribution is 2.18. The summed E-state index contributed by atoms with van der Waals surface area (Å²) in [4.78, 5) is 31.7. The Kier molecular flexibility index (Phi) is 6.42. The fourth-order valence-corrected chi connectivity index (χ4v) is 2.27. The van der Waals surface area contributed by atoms with E-state index in [0.29, 0.717) is 6.54 Å². The first kappa shape index (κ1) is 17.6. The molecule has 0 aliphatic carbocycles.